The molecule has 2 aromatic rings. The average molecular weight is 364 g/mol. The van der Waals surface area contributed by atoms with Crippen molar-refractivity contribution in [2.24, 2.45) is 0 Å². The van der Waals surface area contributed by atoms with Gasteiger partial charge in [-0.05, 0) is 36.1 Å². The van der Waals surface area contributed by atoms with Gasteiger partial charge in [-0.25, -0.2) is 13.1 Å². The largest absolute Gasteiger partial charge is 0.497 e. The highest BCUT2D eigenvalue weighted by atomic mass is 32.2. The number of non-ortho nitro benzene ring substituents is 1. The van der Waals surface area contributed by atoms with E-state index in [9.17, 15) is 18.5 Å². The molecule has 7 nitrogen and oxygen atoms in total. The second-order valence-electron chi connectivity index (χ2n) is 5.49. The van der Waals surface area contributed by atoms with Crippen LogP contribution in [0.1, 0.15) is 11.1 Å². The Morgan fingerprint density at radius 1 is 1.08 bits per heavy atom. The van der Waals surface area contributed by atoms with Gasteiger partial charge in [0.15, 0.2) is 0 Å². The molecule has 134 valence electrons. The lowest BCUT2D eigenvalue weighted by molar-refractivity contribution is -0.384. The SMILES string of the molecule is COc1cccc(CCS(=O)(=O)NCCc2ccc([N+](=O)[O-])cc2)c1. The molecule has 0 aliphatic carbocycles. The van der Waals surface area contributed by atoms with E-state index in [1.165, 1.54) is 12.1 Å². The van der Waals surface area contributed by atoms with Crippen molar-refractivity contribution in [2.75, 3.05) is 19.4 Å². The van der Waals surface area contributed by atoms with E-state index in [1.807, 2.05) is 18.2 Å². The fraction of sp³-hybridized carbons (Fsp3) is 0.294. The summed E-state index contributed by atoms with van der Waals surface area (Å²) < 4.78 is 31.8. The van der Waals surface area contributed by atoms with Gasteiger partial charge in [-0.15, -0.1) is 0 Å². The molecule has 0 saturated carbocycles. The summed E-state index contributed by atoms with van der Waals surface area (Å²) in [7, 11) is -1.83. The fourth-order valence-electron chi connectivity index (χ4n) is 2.29. The van der Waals surface area contributed by atoms with Gasteiger partial charge in [0.05, 0.1) is 17.8 Å². The molecule has 1 N–H and O–H groups in total. The van der Waals surface area contributed by atoms with Crippen molar-refractivity contribution in [1.82, 2.24) is 4.72 Å². The molecule has 0 atom stereocenters. The minimum Gasteiger partial charge on any atom is -0.497 e. The number of aryl methyl sites for hydroxylation is 1. The summed E-state index contributed by atoms with van der Waals surface area (Å²) in [6, 6.07) is 13.4. The zero-order chi connectivity index (χ0) is 18.3. The number of nitro benzene ring substituents is 1. The standard InChI is InChI=1S/C17H20N2O5S/c1-24-17-4-2-3-15(13-17)10-12-25(22,23)18-11-9-14-5-7-16(8-6-14)19(20)21/h2-8,13,18H,9-12H2,1H3. The third-order valence-corrected chi connectivity index (χ3v) is 5.06. The molecule has 8 heteroatoms. The molecule has 0 saturated heterocycles. The molecule has 0 aliphatic rings. The molecule has 0 aliphatic heterocycles. The first-order valence-electron chi connectivity index (χ1n) is 7.73. The Morgan fingerprint density at radius 2 is 1.80 bits per heavy atom. The van der Waals surface area contributed by atoms with Gasteiger partial charge in [-0.3, -0.25) is 10.1 Å². The molecule has 0 unspecified atom stereocenters. The van der Waals surface area contributed by atoms with E-state index in [0.717, 1.165) is 11.1 Å². The predicted molar refractivity (Wildman–Crippen MR) is 95.3 cm³/mol. The first-order chi connectivity index (χ1) is 11.9. The third kappa shape index (κ3) is 6.17. The Hall–Kier alpha value is -2.45. The van der Waals surface area contributed by atoms with Crippen LogP contribution in [0.5, 0.6) is 5.75 Å². The van der Waals surface area contributed by atoms with Crippen molar-refractivity contribution in [3.63, 3.8) is 0 Å². The molecule has 0 radical (unpaired) electrons. The van der Waals surface area contributed by atoms with E-state index in [-0.39, 0.29) is 18.0 Å². The van der Waals surface area contributed by atoms with Crippen LogP contribution in [0.4, 0.5) is 5.69 Å². The quantitative estimate of drug-likeness (QED) is 0.544. The van der Waals surface area contributed by atoms with Gasteiger partial charge in [0.25, 0.3) is 5.69 Å². The Balaban J connectivity index is 1.81. The van der Waals surface area contributed by atoms with E-state index in [0.29, 0.717) is 18.6 Å². The van der Waals surface area contributed by atoms with Gasteiger partial charge in [0, 0.05) is 18.7 Å². The first-order valence-corrected chi connectivity index (χ1v) is 9.38. The fourth-order valence-corrected chi connectivity index (χ4v) is 3.35. The summed E-state index contributed by atoms with van der Waals surface area (Å²) in [6.07, 6.45) is 0.862. The van der Waals surface area contributed by atoms with Crippen LogP contribution in [0.3, 0.4) is 0 Å². The molecule has 25 heavy (non-hydrogen) atoms. The highest BCUT2D eigenvalue weighted by Crippen LogP contribution is 2.14. The van der Waals surface area contributed by atoms with Crippen LogP contribution in [-0.4, -0.2) is 32.7 Å². The van der Waals surface area contributed by atoms with Crippen LogP contribution < -0.4 is 9.46 Å². The molecular weight excluding hydrogens is 344 g/mol. The lowest BCUT2D eigenvalue weighted by Gasteiger charge is -2.08. The lowest BCUT2D eigenvalue weighted by atomic mass is 10.1. The zero-order valence-corrected chi connectivity index (χ0v) is 14.7. The van der Waals surface area contributed by atoms with E-state index in [2.05, 4.69) is 4.72 Å². The van der Waals surface area contributed by atoms with E-state index in [1.54, 1.807) is 25.3 Å². The highest BCUT2D eigenvalue weighted by molar-refractivity contribution is 7.89. The summed E-state index contributed by atoms with van der Waals surface area (Å²) in [5.41, 5.74) is 1.74. The van der Waals surface area contributed by atoms with Crippen LogP contribution >= 0.6 is 0 Å². The van der Waals surface area contributed by atoms with Crippen molar-refractivity contribution in [3.05, 3.63) is 69.8 Å². The van der Waals surface area contributed by atoms with Crippen molar-refractivity contribution >= 4 is 15.7 Å². The highest BCUT2D eigenvalue weighted by Gasteiger charge is 2.11. The summed E-state index contributed by atoms with van der Waals surface area (Å²) in [4.78, 5) is 10.1. The maximum atomic E-state index is 12.1. The predicted octanol–water partition coefficient (Wildman–Crippen LogP) is 2.31. The number of methoxy groups -OCH3 is 1. The number of nitro groups is 1. The van der Waals surface area contributed by atoms with E-state index < -0.39 is 14.9 Å². The topological polar surface area (TPSA) is 98.5 Å². The van der Waals surface area contributed by atoms with Gasteiger partial charge in [0.1, 0.15) is 5.75 Å². The van der Waals surface area contributed by atoms with Crippen molar-refractivity contribution < 1.29 is 18.1 Å². The zero-order valence-electron chi connectivity index (χ0n) is 13.8. The number of sulfonamides is 1. The molecule has 0 spiro atoms. The Morgan fingerprint density at radius 3 is 2.44 bits per heavy atom. The summed E-state index contributed by atoms with van der Waals surface area (Å²) in [6.45, 7) is 0.248. The number of rotatable bonds is 9. The van der Waals surface area contributed by atoms with Gasteiger partial charge >= 0.3 is 0 Å². The van der Waals surface area contributed by atoms with Crippen LogP contribution in [0, 0.1) is 10.1 Å². The average Bonchev–Trinajstić information content (AvgIpc) is 2.60. The van der Waals surface area contributed by atoms with Crippen LogP contribution in [-0.2, 0) is 22.9 Å². The normalized spacial score (nSPS) is 11.2. The number of nitrogens with zero attached hydrogens (tertiary/aromatic N) is 1. The molecule has 2 aromatic carbocycles. The molecular formula is C17H20N2O5S. The molecule has 2 rings (SSSR count). The van der Waals surface area contributed by atoms with Crippen LogP contribution in [0.15, 0.2) is 48.5 Å². The van der Waals surface area contributed by atoms with E-state index in [4.69, 9.17) is 4.74 Å². The third-order valence-electron chi connectivity index (χ3n) is 3.68. The van der Waals surface area contributed by atoms with Gasteiger partial charge in [-0.2, -0.15) is 0 Å². The maximum absolute atomic E-state index is 12.1. The Kier molecular flexibility index (Phi) is 6.49. The maximum Gasteiger partial charge on any atom is 0.269 e. The second-order valence-corrected chi connectivity index (χ2v) is 7.41. The Labute approximate surface area is 146 Å². The van der Waals surface area contributed by atoms with Crippen molar-refractivity contribution in [1.29, 1.82) is 0 Å². The van der Waals surface area contributed by atoms with Crippen LogP contribution in [0.25, 0.3) is 0 Å². The molecule has 0 fully saturated rings. The first kappa shape index (κ1) is 18.9. The number of ether oxygens (including phenoxy) is 1. The van der Waals surface area contributed by atoms with Crippen LogP contribution in [0.2, 0.25) is 0 Å². The Bertz CT molecular complexity index is 819. The number of hydrogen-bond acceptors (Lipinski definition) is 5. The summed E-state index contributed by atoms with van der Waals surface area (Å²) in [5, 5.41) is 10.6. The number of nitrogens with one attached hydrogen (secondary N) is 1. The van der Waals surface area contributed by atoms with E-state index >= 15 is 0 Å². The molecule has 0 heterocycles. The number of hydrogen-bond donors (Lipinski definition) is 1. The second kappa shape index (κ2) is 8.59. The molecule has 0 aromatic heterocycles. The minimum atomic E-state index is -3.39. The van der Waals surface area contributed by atoms with Gasteiger partial charge in [-0.1, -0.05) is 24.3 Å². The van der Waals surface area contributed by atoms with Gasteiger partial charge < -0.3 is 4.74 Å². The molecule has 0 bridgehead atoms. The van der Waals surface area contributed by atoms with Gasteiger partial charge in [0.2, 0.25) is 10.0 Å². The van der Waals surface area contributed by atoms with Crippen molar-refractivity contribution in [2.45, 2.75) is 12.8 Å². The summed E-state index contributed by atoms with van der Waals surface area (Å²) in [5.74, 6) is 0.682. The monoisotopic (exact) mass is 364 g/mol. The minimum absolute atomic E-state index is 0.0135. The number of benzene rings is 2. The summed E-state index contributed by atoms with van der Waals surface area (Å²) >= 11 is 0. The van der Waals surface area contributed by atoms with Crippen molar-refractivity contribution in [3.8, 4) is 5.75 Å². The molecule has 0 amide bonds. The smallest absolute Gasteiger partial charge is 0.269 e. The lowest BCUT2D eigenvalue weighted by Crippen LogP contribution is -2.29.